The van der Waals surface area contributed by atoms with E-state index in [4.69, 9.17) is 4.42 Å². The molecule has 0 unspecified atom stereocenters. The van der Waals surface area contributed by atoms with Crippen molar-refractivity contribution in [2.75, 3.05) is 25.0 Å². The number of hydrogen-bond acceptors (Lipinski definition) is 6. The van der Waals surface area contributed by atoms with Gasteiger partial charge in [-0.1, -0.05) is 12.5 Å². The first-order valence-corrected chi connectivity index (χ1v) is 11.7. The van der Waals surface area contributed by atoms with Crippen LogP contribution in [0.4, 0.5) is 5.69 Å². The van der Waals surface area contributed by atoms with E-state index in [2.05, 4.69) is 16.0 Å². The van der Waals surface area contributed by atoms with Crippen LogP contribution < -0.4 is 16.0 Å². The summed E-state index contributed by atoms with van der Waals surface area (Å²) in [5.74, 6) is -1.98. The molecule has 2 aromatic rings. The predicted molar refractivity (Wildman–Crippen MR) is 116 cm³/mol. The average molecular weight is 463 g/mol. The Morgan fingerprint density at radius 2 is 1.75 bits per heavy atom. The smallest absolute Gasteiger partial charge is 0.309 e. The molecule has 0 atom stereocenters. The zero-order chi connectivity index (χ0) is 23.1. The van der Waals surface area contributed by atoms with Gasteiger partial charge in [0.2, 0.25) is 15.9 Å². The van der Waals surface area contributed by atoms with E-state index in [1.54, 1.807) is 31.2 Å². The van der Waals surface area contributed by atoms with E-state index in [0.717, 1.165) is 19.3 Å². The molecule has 32 heavy (non-hydrogen) atoms. The standard InChI is InChI=1S/C21H26N4O6S/c1-15-7-8-16(12-18(15)32(29,30)25-9-3-2-4-10-25)24-19(26)14-23-21(28)20(27)22-13-17-6-5-11-31-17/h5-8,11-12H,2-4,9-10,13-14H2,1H3,(H,22,27)(H,23,28)(H,24,26). The number of carbonyl (C=O) groups is 3. The lowest BCUT2D eigenvalue weighted by atomic mass is 10.2. The molecule has 3 amide bonds. The number of anilines is 1. The quantitative estimate of drug-likeness (QED) is 0.528. The van der Waals surface area contributed by atoms with Gasteiger partial charge in [-0.25, -0.2) is 8.42 Å². The zero-order valence-corrected chi connectivity index (χ0v) is 18.5. The van der Waals surface area contributed by atoms with Crippen molar-refractivity contribution in [1.82, 2.24) is 14.9 Å². The van der Waals surface area contributed by atoms with Crippen molar-refractivity contribution >= 4 is 33.4 Å². The molecule has 2 heterocycles. The largest absolute Gasteiger partial charge is 0.467 e. The number of nitrogens with one attached hydrogen (secondary N) is 3. The fourth-order valence-electron chi connectivity index (χ4n) is 3.31. The van der Waals surface area contributed by atoms with Crippen LogP contribution in [0.5, 0.6) is 0 Å². The van der Waals surface area contributed by atoms with Gasteiger partial charge in [0.15, 0.2) is 0 Å². The number of carbonyl (C=O) groups excluding carboxylic acids is 3. The van der Waals surface area contributed by atoms with Gasteiger partial charge in [-0.15, -0.1) is 0 Å². The van der Waals surface area contributed by atoms with Crippen LogP contribution in [-0.2, 0) is 31.0 Å². The van der Waals surface area contributed by atoms with Gasteiger partial charge in [-0.05, 0) is 49.6 Å². The number of aryl methyl sites for hydroxylation is 1. The topological polar surface area (TPSA) is 138 Å². The highest BCUT2D eigenvalue weighted by molar-refractivity contribution is 7.89. The summed E-state index contributed by atoms with van der Waals surface area (Å²) in [7, 11) is -3.66. The Kier molecular flexibility index (Phi) is 7.65. The number of amides is 3. The Morgan fingerprint density at radius 1 is 1.03 bits per heavy atom. The molecule has 0 aliphatic carbocycles. The Balaban J connectivity index is 1.55. The van der Waals surface area contributed by atoms with Gasteiger partial charge in [0.1, 0.15) is 5.76 Å². The minimum absolute atomic E-state index is 0.0447. The van der Waals surface area contributed by atoms with Crippen LogP contribution in [0.1, 0.15) is 30.6 Å². The molecule has 1 fully saturated rings. The molecule has 1 aliphatic heterocycles. The first kappa shape index (κ1) is 23.5. The van der Waals surface area contributed by atoms with Gasteiger partial charge in [0, 0.05) is 18.8 Å². The predicted octanol–water partition coefficient (Wildman–Crippen LogP) is 1.13. The van der Waals surface area contributed by atoms with Crippen molar-refractivity contribution < 1.29 is 27.2 Å². The molecule has 0 bridgehead atoms. The molecule has 1 aliphatic rings. The molecule has 1 aromatic heterocycles. The van der Waals surface area contributed by atoms with E-state index >= 15 is 0 Å². The summed E-state index contributed by atoms with van der Waals surface area (Å²) >= 11 is 0. The monoisotopic (exact) mass is 462 g/mol. The maximum Gasteiger partial charge on any atom is 0.309 e. The molecule has 10 nitrogen and oxygen atoms in total. The minimum atomic E-state index is -3.66. The van der Waals surface area contributed by atoms with E-state index in [0.29, 0.717) is 24.4 Å². The first-order valence-electron chi connectivity index (χ1n) is 10.3. The summed E-state index contributed by atoms with van der Waals surface area (Å²) < 4.78 is 32.5. The second-order valence-electron chi connectivity index (χ2n) is 7.44. The second kappa shape index (κ2) is 10.4. The van der Waals surface area contributed by atoms with Crippen LogP contribution in [0.2, 0.25) is 0 Å². The third-order valence-corrected chi connectivity index (χ3v) is 7.06. The number of hydrogen-bond donors (Lipinski definition) is 3. The van der Waals surface area contributed by atoms with Gasteiger partial charge >= 0.3 is 11.8 Å². The number of piperidine rings is 1. The van der Waals surface area contributed by atoms with Gasteiger partial charge in [-0.2, -0.15) is 4.31 Å². The molecule has 11 heteroatoms. The second-order valence-corrected chi connectivity index (χ2v) is 9.34. The molecule has 1 saturated heterocycles. The van der Waals surface area contributed by atoms with E-state index < -0.39 is 34.3 Å². The Morgan fingerprint density at radius 3 is 2.44 bits per heavy atom. The van der Waals surface area contributed by atoms with Gasteiger partial charge in [-0.3, -0.25) is 14.4 Å². The fraction of sp³-hybridized carbons (Fsp3) is 0.381. The highest BCUT2D eigenvalue weighted by Gasteiger charge is 2.27. The summed E-state index contributed by atoms with van der Waals surface area (Å²) in [6.45, 7) is 2.25. The molecule has 3 rings (SSSR count). The third-order valence-electron chi connectivity index (χ3n) is 5.02. The summed E-state index contributed by atoms with van der Waals surface area (Å²) in [5.41, 5.74) is 0.864. The Bertz CT molecular complexity index is 1080. The van der Waals surface area contributed by atoms with Crippen molar-refractivity contribution in [3.63, 3.8) is 0 Å². The van der Waals surface area contributed by atoms with Crippen molar-refractivity contribution in [1.29, 1.82) is 0 Å². The van der Waals surface area contributed by atoms with Gasteiger partial charge in [0.05, 0.1) is 24.2 Å². The maximum atomic E-state index is 13.0. The van der Waals surface area contributed by atoms with Gasteiger partial charge < -0.3 is 20.4 Å². The van der Waals surface area contributed by atoms with E-state index in [-0.39, 0.29) is 17.1 Å². The summed E-state index contributed by atoms with van der Waals surface area (Å²) in [4.78, 5) is 36.0. The molecular weight excluding hydrogens is 436 g/mol. The Hall–Kier alpha value is -3.18. The van der Waals surface area contributed by atoms with Crippen LogP contribution >= 0.6 is 0 Å². The van der Waals surface area contributed by atoms with Crippen molar-refractivity contribution in [3.8, 4) is 0 Å². The fourth-order valence-corrected chi connectivity index (χ4v) is 5.07. The summed E-state index contributed by atoms with van der Waals surface area (Å²) in [6.07, 6.45) is 4.10. The van der Waals surface area contributed by atoms with Crippen molar-refractivity contribution in [2.24, 2.45) is 0 Å². The minimum Gasteiger partial charge on any atom is -0.467 e. The number of rotatable bonds is 7. The zero-order valence-electron chi connectivity index (χ0n) is 17.7. The first-order chi connectivity index (χ1) is 15.3. The number of nitrogens with zero attached hydrogens (tertiary/aromatic N) is 1. The molecule has 3 N–H and O–H groups in total. The average Bonchev–Trinajstić information content (AvgIpc) is 3.31. The summed E-state index contributed by atoms with van der Waals surface area (Å²) in [5, 5.41) is 7.14. The van der Waals surface area contributed by atoms with E-state index in [1.165, 1.54) is 16.6 Å². The molecule has 0 radical (unpaired) electrons. The normalized spacial score (nSPS) is 14.5. The lowest BCUT2D eigenvalue weighted by Crippen LogP contribution is -2.42. The highest BCUT2D eigenvalue weighted by Crippen LogP contribution is 2.26. The molecule has 1 aromatic carbocycles. The van der Waals surface area contributed by atoms with Crippen LogP contribution in [-0.4, -0.2) is 50.1 Å². The third kappa shape index (κ3) is 5.95. The molecule has 0 spiro atoms. The van der Waals surface area contributed by atoms with Crippen molar-refractivity contribution in [3.05, 3.63) is 47.9 Å². The SMILES string of the molecule is Cc1ccc(NC(=O)CNC(=O)C(=O)NCc2ccco2)cc1S(=O)(=O)N1CCCCC1. The highest BCUT2D eigenvalue weighted by atomic mass is 32.2. The van der Waals surface area contributed by atoms with E-state index in [9.17, 15) is 22.8 Å². The number of furan rings is 1. The number of benzene rings is 1. The van der Waals surface area contributed by atoms with Crippen molar-refractivity contribution in [2.45, 2.75) is 37.6 Å². The van der Waals surface area contributed by atoms with Gasteiger partial charge in [0.25, 0.3) is 0 Å². The summed E-state index contributed by atoms with van der Waals surface area (Å²) in [6, 6.07) is 7.91. The van der Waals surface area contributed by atoms with Crippen LogP contribution in [0.15, 0.2) is 45.9 Å². The molecule has 0 saturated carbocycles. The van der Waals surface area contributed by atoms with E-state index in [1.807, 2.05) is 0 Å². The maximum absolute atomic E-state index is 13.0. The molecular formula is C21H26N4O6S. The number of sulfonamides is 1. The lowest BCUT2D eigenvalue weighted by molar-refractivity contribution is -0.139. The van der Waals surface area contributed by atoms with Crippen LogP contribution in [0.25, 0.3) is 0 Å². The van der Waals surface area contributed by atoms with Crippen LogP contribution in [0, 0.1) is 6.92 Å². The van der Waals surface area contributed by atoms with Crippen LogP contribution in [0.3, 0.4) is 0 Å². The molecule has 172 valence electrons. The Labute approximate surface area is 186 Å². The lowest BCUT2D eigenvalue weighted by Gasteiger charge is -2.26.